The number of hydrogen-bond acceptors (Lipinski definition) is 0. The van der Waals surface area contributed by atoms with Crippen molar-refractivity contribution in [3.05, 3.63) is 22.8 Å². The van der Waals surface area contributed by atoms with E-state index in [0.717, 1.165) is 0 Å². The fourth-order valence-electron chi connectivity index (χ4n) is 1.81. The van der Waals surface area contributed by atoms with Gasteiger partial charge in [0.05, 0.1) is 0 Å². The zero-order valence-electron chi connectivity index (χ0n) is 8.61. The van der Waals surface area contributed by atoms with Crippen LogP contribution in [0.5, 0.6) is 0 Å². The molecule has 68 valence electrons. The average Bonchev–Trinajstić information content (AvgIpc) is 2.51. The quantitative estimate of drug-likeness (QED) is 0.585. The number of allylic oxidation sites excluding steroid dienone is 4. The molecule has 0 nitrogen and oxygen atoms in total. The van der Waals surface area contributed by atoms with Gasteiger partial charge in [-0.3, -0.25) is 0 Å². The third kappa shape index (κ3) is 2.23. The first kappa shape index (κ1) is 9.57. The molecular weight excluding hydrogens is 144 g/mol. The molecule has 0 bridgehead atoms. The Morgan fingerprint density at radius 2 is 2.08 bits per heavy atom. The first-order valence-corrected chi connectivity index (χ1v) is 5.16. The molecule has 0 saturated carbocycles. The summed E-state index contributed by atoms with van der Waals surface area (Å²) < 4.78 is 0. The summed E-state index contributed by atoms with van der Waals surface area (Å²) >= 11 is 0. The summed E-state index contributed by atoms with van der Waals surface area (Å²) in [6.07, 6.45) is 8.90. The maximum atomic E-state index is 2.41. The Hall–Kier alpha value is -0.520. The molecule has 0 spiro atoms. The summed E-state index contributed by atoms with van der Waals surface area (Å²) in [5.41, 5.74) is 4.86. The molecule has 0 radical (unpaired) electrons. The van der Waals surface area contributed by atoms with E-state index in [9.17, 15) is 0 Å². The molecule has 0 aromatic rings. The Balaban J connectivity index is 2.72. The van der Waals surface area contributed by atoms with Crippen LogP contribution < -0.4 is 0 Å². The highest BCUT2D eigenvalue weighted by atomic mass is 14.2. The van der Waals surface area contributed by atoms with Gasteiger partial charge in [-0.2, -0.15) is 0 Å². The molecule has 0 heterocycles. The molecule has 0 saturated heterocycles. The standard InChI is InChI=1S/C12H20/c1-4-10(3)9-12-8-6-7-11(12)5-2/h9H,4-8H2,1-3H3/b10-9+. The molecule has 0 aromatic carbocycles. The molecule has 1 rings (SSSR count). The molecule has 0 fully saturated rings. The van der Waals surface area contributed by atoms with Crippen LogP contribution in [0.1, 0.15) is 52.9 Å². The fraction of sp³-hybridized carbons (Fsp3) is 0.667. The molecule has 0 aromatic heterocycles. The van der Waals surface area contributed by atoms with Crippen LogP contribution in [0.2, 0.25) is 0 Å². The normalized spacial score (nSPS) is 19.1. The smallest absolute Gasteiger partial charge is 0.0276 e. The number of hydrogen-bond donors (Lipinski definition) is 0. The van der Waals surface area contributed by atoms with E-state index in [1.165, 1.54) is 37.7 Å². The molecule has 0 heteroatoms. The van der Waals surface area contributed by atoms with E-state index in [-0.39, 0.29) is 0 Å². The van der Waals surface area contributed by atoms with Gasteiger partial charge in [-0.25, -0.2) is 0 Å². The third-order valence-corrected chi connectivity index (χ3v) is 2.78. The summed E-state index contributed by atoms with van der Waals surface area (Å²) in [5, 5.41) is 0. The predicted molar refractivity (Wildman–Crippen MR) is 55.2 cm³/mol. The van der Waals surface area contributed by atoms with Crippen molar-refractivity contribution in [1.82, 2.24) is 0 Å². The molecule has 1 aliphatic carbocycles. The van der Waals surface area contributed by atoms with Crippen molar-refractivity contribution in [3.63, 3.8) is 0 Å². The third-order valence-electron chi connectivity index (χ3n) is 2.78. The molecule has 0 aliphatic heterocycles. The van der Waals surface area contributed by atoms with E-state index in [2.05, 4.69) is 26.8 Å². The second kappa shape index (κ2) is 4.49. The van der Waals surface area contributed by atoms with Crippen LogP contribution in [0.15, 0.2) is 22.8 Å². The molecular formula is C12H20. The van der Waals surface area contributed by atoms with Gasteiger partial charge in [-0.1, -0.05) is 31.1 Å². The van der Waals surface area contributed by atoms with Gasteiger partial charge in [0, 0.05) is 0 Å². The van der Waals surface area contributed by atoms with Crippen LogP contribution in [-0.2, 0) is 0 Å². The first-order valence-electron chi connectivity index (χ1n) is 5.16. The van der Waals surface area contributed by atoms with E-state index in [1.807, 2.05) is 0 Å². The Morgan fingerprint density at radius 3 is 2.67 bits per heavy atom. The van der Waals surface area contributed by atoms with Crippen LogP contribution in [0.25, 0.3) is 0 Å². The van der Waals surface area contributed by atoms with Gasteiger partial charge >= 0.3 is 0 Å². The van der Waals surface area contributed by atoms with Gasteiger partial charge in [-0.05, 0) is 44.6 Å². The van der Waals surface area contributed by atoms with Crippen LogP contribution in [0, 0.1) is 0 Å². The van der Waals surface area contributed by atoms with E-state index >= 15 is 0 Å². The maximum absolute atomic E-state index is 2.41. The molecule has 1 aliphatic rings. The summed E-state index contributed by atoms with van der Waals surface area (Å²) in [4.78, 5) is 0. The van der Waals surface area contributed by atoms with Crippen LogP contribution in [0.4, 0.5) is 0 Å². The van der Waals surface area contributed by atoms with E-state index < -0.39 is 0 Å². The van der Waals surface area contributed by atoms with Crippen molar-refractivity contribution >= 4 is 0 Å². The summed E-state index contributed by atoms with van der Waals surface area (Å²) in [6, 6.07) is 0. The average molecular weight is 164 g/mol. The van der Waals surface area contributed by atoms with Gasteiger partial charge in [0.25, 0.3) is 0 Å². The summed E-state index contributed by atoms with van der Waals surface area (Å²) in [5.74, 6) is 0. The van der Waals surface area contributed by atoms with Crippen molar-refractivity contribution in [1.29, 1.82) is 0 Å². The lowest BCUT2D eigenvalue weighted by atomic mass is 10.1. The van der Waals surface area contributed by atoms with Crippen LogP contribution >= 0.6 is 0 Å². The highest BCUT2D eigenvalue weighted by Gasteiger charge is 2.10. The van der Waals surface area contributed by atoms with Gasteiger partial charge < -0.3 is 0 Å². The lowest BCUT2D eigenvalue weighted by Gasteiger charge is -2.01. The Kier molecular flexibility index (Phi) is 3.58. The molecule has 0 unspecified atom stereocenters. The fourth-order valence-corrected chi connectivity index (χ4v) is 1.81. The van der Waals surface area contributed by atoms with Gasteiger partial charge in [-0.15, -0.1) is 0 Å². The van der Waals surface area contributed by atoms with Crippen molar-refractivity contribution < 1.29 is 0 Å². The van der Waals surface area contributed by atoms with Crippen molar-refractivity contribution in [2.75, 3.05) is 0 Å². The second-order valence-electron chi connectivity index (χ2n) is 3.68. The maximum Gasteiger partial charge on any atom is -0.0276 e. The van der Waals surface area contributed by atoms with Crippen LogP contribution in [-0.4, -0.2) is 0 Å². The van der Waals surface area contributed by atoms with Gasteiger partial charge in [0.1, 0.15) is 0 Å². The van der Waals surface area contributed by atoms with Crippen molar-refractivity contribution in [2.45, 2.75) is 52.9 Å². The highest BCUT2D eigenvalue weighted by molar-refractivity contribution is 5.31. The minimum absolute atomic E-state index is 1.19. The van der Waals surface area contributed by atoms with Crippen LogP contribution in [0.3, 0.4) is 0 Å². The Bertz CT molecular complexity index is 206. The van der Waals surface area contributed by atoms with E-state index in [1.54, 1.807) is 11.1 Å². The minimum Gasteiger partial charge on any atom is -0.0733 e. The zero-order valence-corrected chi connectivity index (χ0v) is 8.61. The minimum atomic E-state index is 1.19. The second-order valence-corrected chi connectivity index (χ2v) is 3.68. The van der Waals surface area contributed by atoms with Crippen molar-refractivity contribution in [2.24, 2.45) is 0 Å². The molecule has 0 N–H and O–H groups in total. The molecule has 12 heavy (non-hydrogen) atoms. The molecule has 0 atom stereocenters. The monoisotopic (exact) mass is 164 g/mol. The topological polar surface area (TPSA) is 0 Å². The Labute approximate surface area is 76.4 Å². The summed E-state index contributed by atoms with van der Waals surface area (Å²) in [7, 11) is 0. The van der Waals surface area contributed by atoms with Gasteiger partial charge in [0.2, 0.25) is 0 Å². The summed E-state index contributed by atoms with van der Waals surface area (Å²) in [6.45, 7) is 6.74. The molecule has 0 amide bonds. The SMILES string of the molecule is CCC1=C(/C=C(\C)CC)CCC1. The highest BCUT2D eigenvalue weighted by Crippen LogP contribution is 2.29. The zero-order chi connectivity index (χ0) is 8.97. The van der Waals surface area contributed by atoms with E-state index in [4.69, 9.17) is 0 Å². The predicted octanol–water partition coefficient (Wildman–Crippen LogP) is 4.23. The lowest BCUT2D eigenvalue weighted by Crippen LogP contribution is -1.80. The van der Waals surface area contributed by atoms with E-state index in [0.29, 0.717) is 0 Å². The number of rotatable bonds is 3. The Morgan fingerprint density at radius 1 is 1.33 bits per heavy atom. The first-order chi connectivity index (χ1) is 5.77. The van der Waals surface area contributed by atoms with Crippen molar-refractivity contribution in [3.8, 4) is 0 Å². The lowest BCUT2D eigenvalue weighted by molar-refractivity contribution is 0.876. The largest absolute Gasteiger partial charge is 0.0733 e. The van der Waals surface area contributed by atoms with Gasteiger partial charge in [0.15, 0.2) is 0 Å².